The molecule has 0 radical (unpaired) electrons. The molecule has 0 aromatic heterocycles. The van der Waals surface area contributed by atoms with Crippen LogP contribution in [-0.4, -0.2) is 28.3 Å². The normalized spacial score (nSPS) is 38.9. The van der Waals surface area contributed by atoms with Crippen molar-refractivity contribution in [3.8, 4) is 0 Å². The van der Waals surface area contributed by atoms with Gasteiger partial charge >= 0.3 is 0 Å². The second kappa shape index (κ2) is 5.18. The van der Waals surface area contributed by atoms with Gasteiger partial charge in [-0.15, -0.1) is 23.4 Å². The van der Waals surface area contributed by atoms with Crippen LogP contribution in [0.15, 0.2) is 0 Å². The molecule has 16 heavy (non-hydrogen) atoms. The summed E-state index contributed by atoms with van der Waals surface area (Å²) in [6, 6.07) is 0. The molecular formula is C12H20ClNOS. The molecule has 1 aliphatic heterocycles. The average molecular weight is 262 g/mol. The molecule has 0 aromatic carbocycles. The molecule has 1 saturated carbocycles. The summed E-state index contributed by atoms with van der Waals surface area (Å²) in [5.41, 5.74) is 0. The quantitative estimate of drug-likeness (QED) is 0.792. The topological polar surface area (TPSA) is 29.1 Å². The Kier molecular flexibility index (Phi) is 4.06. The van der Waals surface area contributed by atoms with Gasteiger partial charge in [0, 0.05) is 11.9 Å². The first-order valence-corrected chi connectivity index (χ1v) is 7.59. The molecule has 2 aliphatic rings. The average Bonchev–Trinajstić information content (AvgIpc) is 2.85. The number of alkyl halides is 1. The molecule has 1 saturated heterocycles. The summed E-state index contributed by atoms with van der Waals surface area (Å²) < 4.78 is -0.168. The summed E-state index contributed by atoms with van der Waals surface area (Å²) in [5, 5.41) is 3.44. The largest absolute Gasteiger partial charge is 0.355 e. The van der Waals surface area contributed by atoms with Crippen molar-refractivity contribution in [3.05, 3.63) is 0 Å². The van der Waals surface area contributed by atoms with Crippen LogP contribution in [0.1, 0.15) is 39.0 Å². The van der Waals surface area contributed by atoms with Gasteiger partial charge in [-0.1, -0.05) is 0 Å². The SMILES string of the molecule is CC1(C(=O)NCC2CCC(Cl)C2)CCCS1. The van der Waals surface area contributed by atoms with E-state index < -0.39 is 0 Å². The Morgan fingerprint density at radius 3 is 2.94 bits per heavy atom. The van der Waals surface area contributed by atoms with Gasteiger partial charge in [0.05, 0.1) is 4.75 Å². The molecule has 92 valence electrons. The number of rotatable bonds is 3. The lowest BCUT2D eigenvalue weighted by Crippen LogP contribution is -2.42. The third-order valence-corrected chi connectivity index (χ3v) is 5.64. The van der Waals surface area contributed by atoms with Crippen LogP contribution in [0.4, 0.5) is 0 Å². The van der Waals surface area contributed by atoms with Crippen molar-refractivity contribution in [1.82, 2.24) is 5.32 Å². The van der Waals surface area contributed by atoms with Crippen LogP contribution in [0.5, 0.6) is 0 Å². The van der Waals surface area contributed by atoms with Crippen molar-refractivity contribution >= 4 is 29.3 Å². The predicted molar refractivity (Wildman–Crippen MR) is 70.1 cm³/mol. The molecule has 4 heteroatoms. The summed E-state index contributed by atoms with van der Waals surface area (Å²) in [7, 11) is 0. The lowest BCUT2D eigenvalue weighted by atomic mass is 10.0. The summed E-state index contributed by atoms with van der Waals surface area (Å²) in [6.45, 7) is 2.89. The van der Waals surface area contributed by atoms with Crippen LogP contribution in [0, 0.1) is 5.92 Å². The number of carbonyl (C=O) groups excluding carboxylic acids is 1. The van der Waals surface area contributed by atoms with Crippen molar-refractivity contribution in [3.63, 3.8) is 0 Å². The monoisotopic (exact) mass is 261 g/mol. The van der Waals surface area contributed by atoms with Crippen LogP contribution in [0.3, 0.4) is 0 Å². The molecule has 0 aromatic rings. The van der Waals surface area contributed by atoms with Gasteiger partial charge in [0.1, 0.15) is 0 Å². The molecule has 1 amide bonds. The number of hydrogen-bond donors (Lipinski definition) is 1. The zero-order chi connectivity index (χ0) is 11.6. The first-order chi connectivity index (χ1) is 7.60. The smallest absolute Gasteiger partial charge is 0.235 e. The zero-order valence-electron chi connectivity index (χ0n) is 9.80. The molecule has 1 N–H and O–H groups in total. The van der Waals surface area contributed by atoms with Gasteiger partial charge < -0.3 is 5.32 Å². The molecule has 1 aliphatic carbocycles. The molecule has 2 nitrogen and oxygen atoms in total. The number of thioether (sulfide) groups is 1. The second-order valence-corrected chi connectivity index (χ2v) is 7.38. The lowest BCUT2D eigenvalue weighted by Gasteiger charge is -2.22. The van der Waals surface area contributed by atoms with Crippen molar-refractivity contribution in [2.45, 2.75) is 49.2 Å². The Morgan fingerprint density at radius 2 is 2.38 bits per heavy atom. The molecule has 0 bridgehead atoms. The number of halogens is 1. The Labute approximate surface area is 107 Å². The van der Waals surface area contributed by atoms with Crippen LogP contribution >= 0.6 is 23.4 Å². The van der Waals surface area contributed by atoms with E-state index in [2.05, 4.69) is 12.2 Å². The van der Waals surface area contributed by atoms with Gasteiger partial charge in [0.2, 0.25) is 5.91 Å². The van der Waals surface area contributed by atoms with Crippen molar-refractivity contribution in [1.29, 1.82) is 0 Å². The molecule has 2 fully saturated rings. The maximum Gasteiger partial charge on any atom is 0.235 e. The van der Waals surface area contributed by atoms with E-state index >= 15 is 0 Å². The van der Waals surface area contributed by atoms with Gasteiger partial charge in [-0.3, -0.25) is 4.79 Å². The van der Waals surface area contributed by atoms with Crippen molar-refractivity contribution < 1.29 is 4.79 Å². The second-order valence-electron chi connectivity index (χ2n) is 5.17. The number of carbonyl (C=O) groups is 1. The molecule has 0 spiro atoms. The van der Waals surface area contributed by atoms with Crippen LogP contribution < -0.4 is 5.32 Å². The number of nitrogens with one attached hydrogen (secondary N) is 1. The van der Waals surface area contributed by atoms with Crippen molar-refractivity contribution in [2.75, 3.05) is 12.3 Å². The molecular weight excluding hydrogens is 242 g/mol. The van der Waals surface area contributed by atoms with Crippen LogP contribution in [0.25, 0.3) is 0 Å². The predicted octanol–water partition coefficient (Wildman–Crippen LogP) is 2.80. The van der Waals surface area contributed by atoms with Gasteiger partial charge in [0.15, 0.2) is 0 Å². The summed E-state index contributed by atoms with van der Waals surface area (Å²) in [6.07, 6.45) is 5.52. The third kappa shape index (κ3) is 2.86. The highest BCUT2D eigenvalue weighted by atomic mass is 35.5. The van der Waals surface area contributed by atoms with Crippen LogP contribution in [-0.2, 0) is 4.79 Å². The summed E-state index contributed by atoms with van der Waals surface area (Å²) in [4.78, 5) is 12.0. The van der Waals surface area contributed by atoms with Crippen molar-refractivity contribution in [2.24, 2.45) is 5.92 Å². The molecule has 2 rings (SSSR count). The zero-order valence-corrected chi connectivity index (χ0v) is 11.4. The molecule has 3 unspecified atom stereocenters. The van der Waals surface area contributed by atoms with E-state index in [0.29, 0.717) is 11.3 Å². The third-order valence-electron chi connectivity index (χ3n) is 3.73. The van der Waals surface area contributed by atoms with E-state index in [9.17, 15) is 4.79 Å². The highest BCUT2D eigenvalue weighted by molar-refractivity contribution is 8.01. The highest BCUT2D eigenvalue weighted by Crippen LogP contribution is 2.38. The van der Waals surface area contributed by atoms with E-state index in [1.807, 2.05) is 0 Å². The Bertz CT molecular complexity index is 266. The lowest BCUT2D eigenvalue weighted by molar-refractivity contribution is -0.123. The summed E-state index contributed by atoms with van der Waals surface area (Å²) in [5.74, 6) is 1.95. The number of hydrogen-bond acceptors (Lipinski definition) is 2. The minimum atomic E-state index is -0.168. The van der Waals surface area contributed by atoms with Gasteiger partial charge in [-0.25, -0.2) is 0 Å². The van der Waals surface area contributed by atoms with E-state index in [-0.39, 0.29) is 10.7 Å². The Morgan fingerprint density at radius 1 is 1.56 bits per heavy atom. The first kappa shape index (κ1) is 12.6. The number of amides is 1. The Balaban J connectivity index is 1.75. The highest BCUT2D eigenvalue weighted by Gasteiger charge is 2.37. The fourth-order valence-corrected chi connectivity index (χ4v) is 4.19. The minimum Gasteiger partial charge on any atom is -0.355 e. The fourth-order valence-electron chi connectivity index (χ4n) is 2.58. The summed E-state index contributed by atoms with van der Waals surface area (Å²) >= 11 is 7.86. The minimum absolute atomic E-state index is 0.168. The van der Waals surface area contributed by atoms with Gasteiger partial charge in [0.25, 0.3) is 0 Å². The van der Waals surface area contributed by atoms with Gasteiger partial charge in [-0.05, 0) is 50.7 Å². The van der Waals surface area contributed by atoms with E-state index in [1.54, 1.807) is 11.8 Å². The fraction of sp³-hybridized carbons (Fsp3) is 0.917. The van der Waals surface area contributed by atoms with E-state index in [1.165, 1.54) is 6.42 Å². The molecule has 1 heterocycles. The standard InChI is InChI=1S/C12H20ClNOS/c1-12(5-2-6-16-12)11(15)14-8-9-3-4-10(13)7-9/h9-10H,2-8H2,1H3,(H,14,15). The molecule has 3 atom stereocenters. The maximum atomic E-state index is 12.0. The van der Waals surface area contributed by atoms with E-state index in [4.69, 9.17) is 11.6 Å². The first-order valence-electron chi connectivity index (χ1n) is 6.16. The van der Waals surface area contributed by atoms with E-state index in [0.717, 1.165) is 38.0 Å². The van der Waals surface area contributed by atoms with Crippen LogP contribution in [0.2, 0.25) is 0 Å². The Hall–Kier alpha value is 0.110. The maximum absolute atomic E-state index is 12.0. The van der Waals surface area contributed by atoms with Gasteiger partial charge in [-0.2, -0.15) is 0 Å².